The molecule has 0 amide bonds. The van der Waals surface area contributed by atoms with Gasteiger partial charge in [0.2, 0.25) is 0 Å². The number of hydrogen-bond acceptors (Lipinski definition) is 5. The monoisotopic (exact) mass is 410 g/mol. The summed E-state index contributed by atoms with van der Waals surface area (Å²) in [6.07, 6.45) is 8.94. The van der Waals surface area contributed by atoms with Crippen molar-refractivity contribution in [2.45, 2.75) is 52.1 Å². The second-order valence-corrected chi connectivity index (χ2v) is 6.94. The summed E-state index contributed by atoms with van der Waals surface area (Å²) >= 11 is 0. The average Bonchev–Trinajstić information content (AvgIpc) is 2.77. The number of unbranched alkanes of at least 4 members (excludes halogenated alkanes) is 5. The molecule has 0 aliphatic carbocycles. The lowest BCUT2D eigenvalue weighted by molar-refractivity contribution is -0.141. The largest absolute Gasteiger partial charge is 0.463 e. The zero-order valence-electron chi connectivity index (χ0n) is 17.5. The molecule has 5 nitrogen and oxygen atoms in total. The minimum atomic E-state index is -0.587. The average molecular weight is 411 g/mol. The Hall–Kier alpha value is -3.08. The molecule has 0 N–H and O–H groups in total. The molecule has 0 radical (unpaired) electrons. The summed E-state index contributed by atoms with van der Waals surface area (Å²) in [5.74, 6) is 0.341. The minimum Gasteiger partial charge on any atom is -0.463 e. The third-order valence-corrected chi connectivity index (χ3v) is 4.38. The molecule has 0 heterocycles. The minimum absolute atomic E-state index is 0.113. The molecule has 0 aliphatic heterocycles. The molecular formula is C25H30O5. The summed E-state index contributed by atoms with van der Waals surface area (Å²) in [5.41, 5.74) is 0.822. The van der Waals surface area contributed by atoms with Crippen molar-refractivity contribution < 1.29 is 23.8 Å². The van der Waals surface area contributed by atoms with Crippen LogP contribution in [0.3, 0.4) is 0 Å². The van der Waals surface area contributed by atoms with E-state index >= 15 is 0 Å². The van der Waals surface area contributed by atoms with Gasteiger partial charge in [-0.15, -0.1) is 0 Å². The van der Waals surface area contributed by atoms with E-state index in [-0.39, 0.29) is 6.61 Å². The van der Waals surface area contributed by atoms with Crippen molar-refractivity contribution in [2.75, 3.05) is 6.61 Å². The number of esters is 2. The number of rotatable bonds is 13. The highest BCUT2D eigenvalue weighted by molar-refractivity contribution is 5.91. The molecule has 2 aromatic rings. The van der Waals surface area contributed by atoms with Gasteiger partial charge in [-0.25, -0.2) is 9.59 Å². The standard InChI is InChI=1S/C25H30O5/c1-2-3-4-5-6-10-19-28-24(26)17-18-25(27)29-20-21-13-15-23(16-14-21)30-22-11-8-7-9-12-22/h7-9,11-18H,2-6,10,19-20H2,1H3/b18-17+. The molecule has 2 aromatic carbocycles. The van der Waals surface area contributed by atoms with E-state index in [9.17, 15) is 9.59 Å². The molecule has 160 valence electrons. The number of para-hydroxylation sites is 1. The number of benzene rings is 2. The SMILES string of the molecule is CCCCCCCCOC(=O)/C=C/C(=O)OCc1ccc(Oc2ccccc2)cc1. The Bertz CT molecular complexity index is 781. The first-order valence-corrected chi connectivity index (χ1v) is 10.5. The van der Waals surface area contributed by atoms with Crippen LogP contribution in [0.25, 0.3) is 0 Å². The summed E-state index contributed by atoms with van der Waals surface area (Å²) < 4.78 is 15.9. The molecule has 0 aromatic heterocycles. The summed E-state index contributed by atoms with van der Waals surface area (Å²) in [7, 11) is 0. The predicted octanol–water partition coefficient (Wildman–Crippen LogP) is 5.98. The molecule has 0 bridgehead atoms. The summed E-state index contributed by atoms with van der Waals surface area (Å²) in [5, 5.41) is 0. The quantitative estimate of drug-likeness (QED) is 0.231. The first-order valence-electron chi connectivity index (χ1n) is 10.5. The van der Waals surface area contributed by atoms with Gasteiger partial charge in [-0.1, -0.05) is 69.4 Å². The van der Waals surface area contributed by atoms with Crippen LogP contribution in [0, 0.1) is 0 Å². The van der Waals surface area contributed by atoms with E-state index in [4.69, 9.17) is 14.2 Å². The Labute approximate surface area is 178 Å². The maximum atomic E-state index is 11.8. The van der Waals surface area contributed by atoms with E-state index in [0.29, 0.717) is 12.4 Å². The van der Waals surface area contributed by atoms with Crippen LogP contribution in [0.1, 0.15) is 51.0 Å². The van der Waals surface area contributed by atoms with Crippen molar-refractivity contribution in [1.82, 2.24) is 0 Å². The van der Waals surface area contributed by atoms with Crippen molar-refractivity contribution in [3.05, 3.63) is 72.3 Å². The first kappa shape index (κ1) is 23.2. The molecule has 5 heteroatoms. The molecular weight excluding hydrogens is 380 g/mol. The lowest BCUT2D eigenvalue weighted by atomic mass is 10.1. The van der Waals surface area contributed by atoms with Crippen LogP contribution in [-0.4, -0.2) is 18.5 Å². The molecule has 0 spiro atoms. The number of carbonyl (C=O) groups excluding carboxylic acids is 2. The van der Waals surface area contributed by atoms with E-state index in [1.54, 1.807) is 0 Å². The zero-order valence-corrected chi connectivity index (χ0v) is 17.5. The van der Waals surface area contributed by atoms with Gasteiger partial charge < -0.3 is 14.2 Å². The second-order valence-electron chi connectivity index (χ2n) is 6.94. The van der Waals surface area contributed by atoms with Crippen molar-refractivity contribution in [2.24, 2.45) is 0 Å². The van der Waals surface area contributed by atoms with Crippen LogP contribution in [0.2, 0.25) is 0 Å². The predicted molar refractivity (Wildman–Crippen MR) is 116 cm³/mol. The summed E-state index contributed by atoms with van der Waals surface area (Å²) in [6, 6.07) is 16.8. The van der Waals surface area contributed by atoms with Gasteiger partial charge in [-0.05, 0) is 36.2 Å². The van der Waals surface area contributed by atoms with Gasteiger partial charge in [0.1, 0.15) is 18.1 Å². The highest BCUT2D eigenvalue weighted by Gasteiger charge is 2.03. The summed E-state index contributed by atoms with van der Waals surface area (Å²) in [6.45, 7) is 2.67. The molecule has 0 saturated heterocycles. The van der Waals surface area contributed by atoms with Crippen LogP contribution < -0.4 is 4.74 Å². The molecule has 0 atom stereocenters. The van der Waals surface area contributed by atoms with E-state index in [1.165, 1.54) is 19.3 Å². The van der Waals surface area contributed by atoms with Crippen molar-refractivity contribution in [3.63, 3.8) is 0 Å². The Morgan fingerprint density at radius 3 is 2.03 bits per heavy atom. The topological polar surface area (TPSA) is 61.8 Å². The van der Waals surface area contributed by atoms with Crippen LogP contribution in [0.5, 0.6) is 11.5 Å². The normalized spacial score (nSPS) is 10.7. The van der Waals surface area contributed by atoms with Gasteiger partial charge >= 0.3 is 11.9 Å². The highest BCUT2D eigenvalue weighted by Crippen LogP contribution is 2.21. The van der Waals surface area contributed by atoms with E-state index < -0.39 is 11.9 Å². The van der Waals surface area contributed by atoms with Gasteiger partial charge in [0.25, 0.3) is 0 Å². The van der Waals surface area contributed by atoms with Crippen molar-refractivity contribution in [3.8, 4) is 11.5 Å². The summed E-state index contributed by atoms with van der Waals surface area (Å²) in [4.78, 5) is 23.4. The first-order chi connectivity index (χ1) is 14.7. The maximum Gasteiger partial charge on any atom is 0.331 e. The van der Waals surface area contributed by atoms with Crippen molar-refractivity contribution >= 4 is 11.9 Å². The Kier molecular flexibility index (Phi) is 10.8. The van der Waals surface area contributed by atoms with E-state index in [2.05, 4.69) is 6.92 Å². The van der Waals surface area contributed by atoms with Gasteiger partial charge in [0.05, 0.1) is 6.61 Å². The van der Waals surface area contributed by atoms with Crippen molar-refractivity contribution in [1.29, 1.82) is 0 Å². The molecule has 0 fully saturated rings. The van der Waals surface area contributed by atoms with Crippen LogP contribution in [0.4, 0.5) is 0 Å². The fraction of sp³-hybridized carbons (Fsp3) is 0.360. The van der Waals surface area contributed by atoms with Gasteiger partial charge in [-0.2, -0.15) is 0 Å². The van der Waals surface area contributed by atoms with Gasteiger partial charge in [-0.3, -0.25) is 0 Å². The lowest BCUT2D eigenvalue weighted by Crippen LogP contribution is -2.05. The fourth-order valence-electron chi connectivity index (χ4n) is 2.72. The van der Waals surface area contributed by atoms with E-state index in [1.807, 2.05) is 54.6 Å². The molecule has 0 aliphatic rings. The Balaban J connectivity index is 1.62. The van der Waals surface area contributed by atoms with Crippen LogP contribution in [-0.2, 0) is 25.7 Å². The second kappa shape index (κ2) is 14.0. The molecule has 2 rings (SSSR count). The van der Waals surface area contributed by atoms with Crippen LogP contribution in [0.15, 0.2) is 66.7 Å². The lowest BCUT2D eigenvalue weighted by Gasteiger charge is -2.07. The highest BCUT2D eigenvalue weighted by atomic mass is 16.5. The molecule has 0 saturated carbocycles. The Morgan fingerprint density at radius 2 is 1.33 bits per heavy atom. The number of ether oxygens (including phenoxy) is 3. The van der Waals surface area contributed by atoms with E-state index in [0.717, 1.165) is 42.7 Å². The fourth-order valence-corrected chi connectivity index (χ4v) is 2.72. The Morgan fingerprint density at radius 1 is 0.733 bits per heavy atom. The molecule has 0 unspecified atom stereocenters. The molecule has 30 heavy (non-hydrogen) atoms. The van der Waals surface area contributed by atoms with Crippen LogP contribution >= 0.6 is 0 Å². The third kappa shape index (κ3) is 9.92. The van der Waals surface area contributed by atoms with Gasteiger partial charge in [0.15, 0.2) is 0 Å². The zero-order chi connectivity index (χ0) is 21.4. The van der Waals surface area contributed by atoms with Gasteiger partial charge in [0, 0.05) is 12.2 Å². The third-order valence-electron chi connectivity index (χ3n) is 4.38. The smallest absolute Gasteiger partial charge is 0.331 e. The number of carbonyl (C=O) groups is 2. The number of hydrogen-bond donors (Lipinski definition) is 0. The maximum absolute atomic E-state index is 11.8.